The molecule has 0 saturated carbocycles. The maximum Gasteiger partial charge on any atom is 0.177 e. The second-order valence-electron chi connectivity index (χ2n) is 2.99. The molecular weight excluding hydrogens is 184 g/mol. The molecule has 1 heterocycles. The topological polar surface area (TPSA) is 40.5 Å². The van der Waals surface area contributed by atoms with Crippen molar-refractivity contribution in [3.05, 3.63) is 29.3 Å². The Labute approximate surface area is 80.1 Å². The van der Waals surface area contributed by atoms with Crippen LogP contribution in [0.3, 0.4) is 0 Å². The van der Waals surface area contributed by atoms with Gasteiger partial charge in [-0.25, -0.2) is 0 Å². The third-order valence-corrected chi connectivity index (χ3v) is 3.16. The fourth-order valence-electron chi connectivity index (χ4n) is 1.53. The molecule has 2 nitrogen and oxygen atoms in total. The first kappa shape index (κ1) is 8.53. The van der Waals surface area contributed by atoms with Crippen molar-refractivity contribution in [1.82, 2.24) is 0 Å². The molecule has 0 spiro atoms. The summed E-state index contributed by atoms with van der Waals surface area (Å²) in [6.07, 6.45) is 0. The number of benzene rings is 1. The van der Waals surface area contributed by atoms with Gasteiger partial charge in [0, 0.05) is 15.6 Å². The molecule has 0 unspecified atom stereocenters. The summed E-state index contributed by atoms with van der Waals surface area (Å²) in [6, 6.07) is 5.88. The third-order valence-electron chi connectivity index (χ3n) is 2.16. The molecule has 2 rings (SSSR count). The normalized spacial score (nSPS) is 10.9. The average Bonchev–Trinajstić information content (AvgIpc) is 2.42. The summed E-state index contributed by atoms with van der Waals surface area (Å²) in [4.78, 5) is 0. The van der Waals surface area contributed by atoms with Gasteiger partial charge in [0.1, 0.15) is 0 Å². The lowest BCUT2D eigenvalue weighted by Crippen LogP contribution is -1.82. The van der Waals surface area contributed by atoms with Crippen LogP contribution in [0.1, 0.15) is 11.1 Å². The van der Waals surface area contributed by atoms with E-state index in [9.17, 15) is 5.11 Å². The molecule has 0 fully saturated rings. The number of aryl methyl sites for hydroxylation is 1. The number of aliphatic hydroxyl groups is 1. The predicted molar refractivity (Wildman–Crippen MR) is 54.1 cm³/mol. The number of thiophene rings is 1. The van der Waals surface area contributed by atoms with E-state index in [1.807, 2.05) is 25.1 Å². The van der Waals surface area contributed by atoms with Crippen LogP contribution in [-0.4, -0.2) is 10.2 Å². The van der Waals surface area contributed by atoms with Gasteiger partial charge in [0.2, 0.25) is 0 Å². The van der Waals surface area contributed by atoms with Crippen LogP contribution in [0.5, 0.6) is 5.06 Å². The van der Waals surface area contributed by atoms with Gasteiger partial charge in [-0.1, -0.05) is 23.5 Å². The molecule has 0 aliphatic carbocycles. The van der Waals surface area contributed by atoms with Crippen LogP contribution in [0.4, 0.5) is 0 Å². The summed E-state index contributed by atoms with van der Waals surface area (Å²) < 4.78 is 1.03. The zero-order valence-corrected chi connectivity index (χ0v) is 8.06. The van der Waals surface area contributed by atoms with Crippen LogP contribution in [-0.2, 0) is 6.61 Å². The second kappa shape index (κ2) is 3.01. The maximum atomic E-state index is 9.52. The Bertz CT molecular complexity index is 445. The van der Waals surface area contributed by atoms with Crippen LogP contribution in [0.2, 0.25) is 0 Å². The standard InChI is InChI=1S/C10H10O2S/c1-6-3-2-4-8-9(6)7(5-11)10(12)13-8/h2-4,11-12H,5H2,1H3. The molecule has 0 bridgehead atoms. The monoisotopic (exact) mass is 194 g/mol. The number of fused-ring (bicyclic) bond motifs is 1. The Kier molecular flexibility index (Phi) is 1.98. The van der Waals surface area contributed by atoms with Gasteiger partial charge in [-0.05, 0) is 18.6 Å². The summed E-state index contributed by atoms with van der Waals surface area (Å²) in [7, 11) is 0. The molecule has 0 aliphatic rings. The van der Waals surface area contributed by atoms with Crippen LogP contribution in [0.15, 0.2) is 18.2 Å². The molecule has 0 atom stereocenters. The molecule has 0 saturated heterocycles. The Morgan fingerprint density at radius 2 is 2.15 bits per heavy atom. The van der Waals surface area contributed by atoms with Gasteiger partial charge in [-0.15, -0.1) is 0 Å². The molecule has 2 aromatic rings. The van der Waals surface area contributed by atoms with E-state index < -0.39 is 0 Å². The minimum atomic E-state index is -0.101. The Morgan fingerprint density at radius 1 is 1.38 bits per heavy atom. The number of aromatic hydroxyl groups is 1. The van der Waals surface area contributed by atoms with E-state index >= 15 is 0 Å². The van der Waals surface area contributed by atoms with Gasteiger partial charge >= 0.3 is 0 Å². The van der Waals surface area contributed by atoms with Crippen LogP contribution >= 0.6 is 11.3 Å². The first-order chi connectivity index (χ1) is 6.24. The average molecular weight is 194 g/mol. The van der Waals surface area contributed by atoms with Crippen molar-refractivity contribution >= 4 is 21.4 Å². The van der Waals surface area contributed by atoms with E-state index in [1.165, 1.54) is 11.3 Å². The van der Waals surface area contributed by atoms with E-state index in [1.54, 1.807) is 0 Å². The quantitative estimate of drug-likeness (QED) is 0.731. The summed E-state index contributed by atoms with van der Waals surface area (Å²) in [6.45, 7) is 1.88. The van der Waals surface area contributed by atoms with E-state index in [4.69, 9.17) is 5.11 Å². The van der Waals surface area contributed by atoms with Crippen LogP contribution < -0.4 is 0 Å². The molecule has 3 heteroatoms. The highest BCUT2D eigenvalue weighted by atomic mass is 32.1. The van der Waals surface area contributed by atoms with Crippen molar-refractivity contribution in [3.63, 3.8) is 0 Å². The fraction of sp³-hybridized carbons (Fsp3) is 0.200. The van der Waals surface area contributed by atoms with Gasteiger partial charge in [-0.3, -0.25) is 0 Å². The number of hydrogen-bond acceptors (Lipinski definition) is 3. The van der Waals surface area contributed by atoms with Gasteiger partial charge in [-0.2, -0.15) is 0 Å². The summed E-state index contributed by atoms with van der Waals surface area (Å²) in [5.74, 6) is 0. The van der Waals surface area contributed by atoms with Crippen molar-refractivity contribution in [3.8, 4) is 5.06 Å². The minimum Gasteiger partial charge on any atom is -0.499 e. The Hall–Kier alpha value is -1.06. The molecule has 1 aromatic heterocycles. The van der Waals surface area contributed by atoms with E-state index in [2.05, 4.69) is 0 Å². The van der Waals surface area contributed by atoms with Crippen molar-refractivity contribution in [2.24, 2.45) is 0 Å². The van der Waals surface area contributed by atoms with Crippen molar-refractivity contribution < 1.29 is 10.2 Å². The molecule has 0 amide bonds. The van der Waals surface area contributed by atoms with Crippen LogP contribution in [0.25, 0.3) is 10.1 Å². The molecule has 68 valence electrons. The number of hydrogen-bond donors (Lipinski definition) is 2. The summed E-state index contributed by atoms with van der Waals surface area (Å²) >= 11 is 1.31. The van der Waals surface area contributed by atoms with Gasteiger partial charge in [0.15, 0.2) is 5.06 Å². The molecule has 13 heavy (non-hydrogen) atoms. The highest BCUT2D eigenvalue weighted by Crippen LogP contribution is 2.37. The first-order valence-electron chi connectivity index (χ1n) is 4.05. The molecule has 2 N–H and O–H groups in total. The van der Waals surface area contributed by atoms with E-state index in [-0.39, 0.29) is 11.7 Å². The molecular formula is C10H10O2S. The number of aliphatic hydroxyl groups excluding tert-OH is 1. The van der Waals surface area contributed by atoms with Crippen molar-refractivity contribution in [2.75, 3.05) is 0 Å². The van der Waals surface area contributed by atoms with E-state index in [0.29, 0.717) is 5.56 Å². The lowest BCUT2D eigenvalue weighted by Gasteiger charge is -1.98. The molecule has 1 aromatic carbocycles. The Morgan fingerprint density at radius 3 is 2.85 bits per heavy atom. The predicted octanol–water partition coefficient (Wildman–Crippen LogP) is 2.41. The molecule has 0 aliphatic heterocycles. The third kappa shape index (κ3) is 1.20. The van der Waals surface area contributed by atoms with Gasteiger partial charge in [0.05, 0.1) is 6.61 Å². The zero-order chi connectivity index (χ0) is 9.42. The van der Waals surface area contributed by atoms with Crippen LogP contribution in [0, 0.1) is 6.92 Å². The summed E-state index contributed by atoms with van der Waals surface area (Å²) in [5.41, 5.74) is 1.75. The molecule has 0 radical (unpaired) electrons. The second-order valence-corrected chi connectivity index (χ2v) is 4.02. The zero-order valence-electron chi connectivity index (χ0n) is 7.24. The van der Waals surface area contributed by atoms with Crippen molar-refractivity contribution in [2.45, 2.75) is 13.5 Å². The highest BCUT2D eigenvalue weighted by Gasteiger charge is 2.11. The van der Waals surface area contributed by atoms with Gasteiger partial charge in [0.25, 0.3) is 0 Å². The summed E-state index contributed by atoms with van der Waals surface area (Å²) in [5, 5.41) is 19.8. The Balaban J connectivity index is 2.88. The first-order valence-corrected chi connectivity index (χ1v) is 4.86. The lowest BCUT2D eigenvalue weighted by atomic mass is 10.1. The fourth-order valence-corrected chi connectivity index (χ4v) is 2.56. The largest absolute Gasteiger partial charge is 0.499 e. The smallest absolute Gasteiger partial charge is 0.177 e. The lowest BCUT2D eigenvalue weighted by molar-refractivity contribution is 0.278. The minimum absolute atomic E-state index is 0.101. The van der Waals surface area contributed by atoms with E-state index in [0.717, 1.165) is 15.6 Å². The SMILES string of the molecule is Cc1cccc2sc(O)c(CO)c12. The maximum absolute atomic E-state index is 9.52. The number of rotatable bonds is 1. The highest BCUT2D eigenvalue weighted by molar-refractivity contribution is 7.20. The van der Waals surface area contributed by atoms with Gasteiger partial charge < -0.3 is 10.2 Å². The van der Waals surface area contributed by atoms with Crippen molar-refractivity contribution in [1.29, 1.82) is 0 Å².